The number of nitrogens with zero attached hydrogens (tertiary/aromatic N) is 6. The molecule has 4 rings (SSSR count). The fourth-order valence-corrected chi connectivity index (χ4v) is 3.84. The minimum absolute atomic E-state index is 0.0191. The van der Waals surface area contributed by atoms with E-state index in [9.17, 15) is 5.11 Å². The van der Waals surface area contributed by atoms with Gasteiger partial charge >= 0.3 is 0 Å². The second kappa shape index (κ2) is 9.55. The topological polar surface area (TPSA) is 113 Å². The van der Waals surface area contributed by atoms with Crippen LogP contribution in [0.15, 0.2) is 52.0 Å². The molecule has 0 unspecified atom stereocenters. The molecule has 2 aromatic heterocycles. The second-order valence-corrected chi connectivity index (χ2v) is 8.60. The van der Waals surface area contributed by atoms with Gasteiger partial charge in [-0.2, -0.15) is 25.2 Å². The summed E-state index contributed by atoms with van der Waals surface area (Å²) in [6, 6.07) is 13.0. The third kappa shape index (κ3) is 5.47. The van der Waals surface area contributed by atoms with E-state index in [2.05, 4.69) is 51.8 Å². The Balaban J connectivity index is 1.67. The number of rotatable bonds is 6. The Hall–Kier alpha value is -3.50. The molecule has 0 saturated carbocycles. The largest absolute Gasteiger partial charge is 0.506 e. The van der Waals surface area contributed by atoms with Crippen LogP contribution in [0.3, 0.4) is 0 Å². The first-order chi connectivity index (χ1) is 15.8. The molecule has 0 saturated heterocycles. The first-order valence-corrected chi connectivity index (χ1v) is 11.1. The fraction of sp³-hybridized carbons (Fsp3) is 0.136. The van der Waals surface area contributed by atoms with Gasteiger partial charge in [0.15, 0.2) is 0 Å². The minimum Gasteiger partial charge on any atom is -0.506 e. The van der Waals surface area contributed by atoms with Gasteiger partial charge in [-0.3, -0.25) is 0 Å². The van der Waals surface area contributed by atoms with Crippen LogP contribution in [0.2, 0.25) is 5.02 Å². The Labute approximate surface area is 203 Å². The zero-order valence-electron chi connectivity index (χ0n) is 18.0. The summed E-state index contributed by atoms with van der Waals surface area (Å²) in [5.74, 6) is 0.864. The minimum atomic E-state index is 0.0191. The highest BCUT2D eigenvalue weighted by Crippen LogP contribution is 2.30. The molecule has 4 aromatic rings. The molecule has 0 aliphatic heterocycles. The van der Waals surface area contributed by atoms with Gasteiger partial charge in [0.2, 0.25) is 11.9 Å². The summed E-state index contributed by atoms with van der Waals surface area (Å²) in [4.78, 5) is 13.4. The number of anilines is 3. The van der Waals surface area contributed by atoms with Gasteiger partial charge in [0.1, 0.15) is 5.75 Å². The van der Waals surface area contributed by atoms with Crippen LogP contribution in [-0.4, -0.2) is 36.1 Å². The maximum Gasteiger partial charge on any atom is 0.257 e. The third-order valence-electron chi connectivity index (χ3n) is 4.56. The van der Waals surface area contributed by atoms with E-state index >= 15 is 0 Å². The Morgan fingerprint density at radius 2 is 1.76 bits per heavy atom. The van der Waals surface area contributed by atoms with E-state index in [1.807, 2.05) is 51.1 Å². The average molecular weight is 528 g/mol. The number of phenols is 1. The Kier molecular flexibility index (Phi) is 6.57. The standard InChI is InChI=1S/C22H20BrClN8O/c1-12-4-6-17(7-5-12)26-20-27-21(29-22(28-20)32-14(3)8-13(2)31-32)30-25-11-15-9-16(24)10-18(23)19(15)33/h4-11,33H,1-3H3,(H2,26,27,28,29,30)/b25-11+. The molecule has 2 aromatic carbocycles. The molecule has 3 N–H and O–H groups in total. The van der Waals surface area contributed by atoms with Crippen LogP contribution in [0.25, 0.3) is 5.95 Å². The normalized spacial score (nSPS) is 11.2. The second-order valence-electron chi connectivity index (χ2n) is 7.31. The quantitative estimate of drug-likeness (QED) is 0.230. The molecule has 0 aliphatic rings. The molecule has 0 amide bonds. The van der Waals surface area contributed by atoms with Crippen molar-refractivity contribution in [2.45, 2.75) is 20.8 Å². The van der Waals surface area contributed by atoms with Crippen LogP contribution in [-0.2, 0) is 0 Å². The molecule has 168 valence electrons. The third-order valence-corrected chi connectivity index (χ3v) is 5.38. The monoisotopic (exact) mass is 526 g/mol. The van der Waals surface area contributed by atoms with Crippen molar-refractivity contribution in [3.63, 3.8) is 0 Å². The van der Waals surface area contributed by atoms with Crippen LogP contribution in [0.4, 0.5) is 17.6 Å². The van der Waals surface area contributed by atoms with Crippen LogP contribution < -0.4 is 10.7 Å². The smallest absolute Gasteiger partial charge is 0.257 e. The molecule has 11 heteroatoms. The van der Waals surface area contributed by atoms with E-state index in [0.717, 1.165) is 22.6 Å². The lowest BCUT2D eigenvalue weighted by atomic mass is 10.2. The zero-order valence-corrected chi connectivity index (χ0v) is 20.3. The van der Waals surface area contributed by atoms with Crippen molar-refractivity contribution in [2.75, 3.05) is 10.7 Å². The summed E-state index contributed by atoms with van der Waals surface area (Å²) >= 11 is 9.31. The SMILES string of the molecule is Cc1ccc(Nc2nc(N/N=C/c3cc(Cl)cc(Br)c3O)nc(-n3nc(C)cc3C)n2)cc1. The predicted octanol–water partition coefficient (Wildman–Crippen LogP) is 5.29. The van der Waals surface area contributed by atoms with Gasteiger partial charge < -0.3 is 10.4 Å². The highest BCUT2D eigenvalue weighted by Gasteiger charge is 2.12. The van der Waals surface area contributed by atoms with Gasteiger partial charge in [-0.05, 0) is 67.0 Å². The number of hydrazone groups is 1. The van der Waals surface area contributed by atoms with E-state index in [0.29, 0.717) is 27.0 Å². The summed E-state index contributed by atoms with van der Waals surface area (Å²) in [5.41, 5.74) is 6.91. The van der Waals surface area contributed by atoms with E-state index in [4.69, 9.17) is 11.6 Å². The first kappa shape index (κ1) is 22.7. The van der Waals surface area contributed by atoms with Crippen LogP contribution in [0.1, 0.15) is 22.5 Å². The number of aromatic nitrogens is 5. The number of phenolic OH excluding ortho intramolecular Hbond substituents is 1. The molecule has 33 heavy (non-hydrogen) atoms. The number of halogens is 2. The Morgan fingerprint density at radius 3 is 2.45 bits per heavy atom. The number of aryl methyl sites for hydroxylation is 3. The summed E-state index contributed by atoms with van der Waals surface area (Å²) in [6.45, 7) is 5.83. The van der Waals surface area contributed by atoms with Crippen LogP contribution >= 0.6 is 27.5 Å². The summed E-state index contributed by atoms with van der Waals surface area (Å²) < 4.78 is 2.10. The number of nitrogens with one attached hydrogen (secondary N) is 2. The van der Waals surface area contributed by atoms with Gasteiger partial charge in [0, 0.05) is 22.0 Å². The molecule has 0 fully saturated rings. The van der Waals surface area contributed by atoms with Crippen LogP contribution in [0, 0.1) is 20.8 Å². The lowest BCUT2D eigenvalue weighted by Gasteiger charge is -2.10. The lowest BCUT2D eigenvalue weighted by Crippen LogP contribution is -2.11. The summed E-state index contributed by atoms with van der Waals surface area (Å²) in [6.07, 6.45) is 1.42. The number of hydrogen-bond donors (Lipinski definition) is 3. The number of aromatic hydroxyl groups is 1. The molecule has 2 heterocycles. The van der Waals surface area contributed by atoms with Crippen molar-refractivity contribution in [1.29, 1.82) is 0 Å². The molecule has 0 aliphatic carbocycles. The highest BCUT2D eigenvalue weighted by atomic mass is 79.9. The molecule has 9 nitrogen and oxygen atoms in total. The summed E-state index contributed by atoms with van der Waals surface area (Å²) in [5, 5.41) is 22.4. The summed E-state index contributed by atoms with van der Waals surface area (Å²) in [7, 11) is 0. The number of hydrogen-bond acceptors (Lipinski definition) is 8. The van der Waals surface area contributed by atoms with E-state index < -0.39 is 0 Å². The van der Waals surface area contributed by atoms with Crippen molar-refractivity contribution in [2.24, 2.45) is 5.10 Å². The van der Waals surface area contributed by atoms with Gasteiger partial charge in [0.05, 0.1) is 16.4 Å². The van der Waals surface area contributed by atoms with E-state index in [-0.39, 0.29) is 11.7 Å². The zero-order chi connectivity index (χ0) is 23.5. The van der Waals surface area contributed by atoms with Gasteiger partial charge in [-0.1, -0.05) is 29.3 Å². The average Bonchev–Trinajstić information content (AvgIpc) is 3.11. The van der Waals surface area contributed by atoms with Crippen LogP contribution in [0.5, 0.6) is 5.75 Å². The van der Waals surface area contributed by atoms with E-state index in [1.54, 1.807) is 16.8 Å². The number of benzene rings is 2. The fourth-order valence-electron chi connectivity index (χ4n) is 3.01. The highest BCUT2D eigenvalue weighted by molar-refractivity contribution is 9.10. The predicted molar refractivity (Wildman–Crippen MR) is 133 cm³/mol. The van der Waals surface area contributed by atoms with Crippen molar-refractivity contribution in [3.8, 4) is 11.7 Å². The van der Waals surface area contributed by atoms with Gasteiger partial charge in [0.25, 0.3) is 5.95 Å². The van der Waals surface area contributed by atoms with E-state index in [1.165, 1.54) is 6.21 Å². The van der Waals surface area contributed by atoms with Gasteiger partial charge in [-0.25, -0.2) is 10.1 Å². The first-order valence-electron chi connectivity index (χ1n) is 9.89. The molecule has 0 bridgehead atoms. The van der Waals surface area contributed by atoms with Crippen molar-refractivity contribution in [3.05, 3.63) is 74.5 Å². The molecule has 0 atom stereocenters. The Bertz CT molecular complexity index is 1340. The maximum absolute atomic E-state index is 10.2. The molecular weight excluding hydrogens is 508 g/mol. The lowest BCUT2D eigenvalue weighted by molar-refractivity contribution is 0.471. The van der Waals surface area contributed by atoms with Crippen molar-refractivity contribution >= 4 is 51.3 Å². The van der Waals surface area contributed by atoms with Crippen molar-refractivity contribution < 1.29 is 5.11 Å². The Morgan fingerprint density at radius 1 is 1.03 bits per heavy atom. The van der Waals surface area contributed by atoms with Gasteiger partial charge in [-0.15, -0.1) is 0 Å². The molecule has 0 spiro atoms. The maximum atomic E-state index is 10.2. The molecule has 0 radical (unpaired) electrons. The van der Waals surface area contributed by atoms with Crippen molar-refractivity contribution in [1.82, 2.24) is 24.7 Å². The molecular formula is C22H20BrClN8O.